The Balaban J connectivity index is 1.83. The van der Waals surface area contributed by atoms with Gasteiger partial charge in [-0.3, -0.25) is 0 Å². The van der Waals surface area contributed by atoms with E-state index >= 15 is 0 Å². The van der Waals surface area contributed by atoms with Crippen molar-refractivity contribution in [1.82, 2.24) is 0 Å². The van der Waals surface area contributed by atoms with Gasteiger partial charge in [-0.05, 0) is 45.2 Å². The molecule has 0 bridgehead atoms. The van der Waals surface area contributed by atoms with Gasteiger partial charge in [-0.2, -0.15) is 0 Å². The molecule has 0 amide bonds. The Hall–Kier alpha value is 0.628. The van der Waals surface area contributed by atoms with E-state index in [1.807, 2.05) is 0 Å². The number of hydrogen-bond acceptors (Lipinski definition) is 6. The molecule has 0 spiro atoms. The van der Waals surface area contributed by atoms with Crippen LogP contribution in [-0.4, -0.2) is 55.2 Å². The number of epoxide rings is 1. The fourth-order valence-corrected chi connectivity index (χ4v) is 18.9. The van der Waals surface area contributed by atoms with Gasteiger partial charge in [0, 0.05) is 6.61 Å². The molecule has 0 aromatic rings. The summed E-state index contributed by atoms with van der Waals surface area (Å²) in [6, 6.07) is 0.920. The molecule has 3 atom stereocenters. The molecule has 0 aromatic carbocycles. The fraction of sp³-hybridized carbons (Fsp3) is 1.00. The van der Waals surface area contributed by atoms with E-state index in [0.717, 1.165) is 19.1 Å². The predicted octanol–water partition coefficient (Wildman–Crippen LogP) is 1.30. The van der Waals surface area contributed by atoms with Crippen LogP contribution in [0.5, 0.6) is 0 Å². The summed E-state index contributed by atoms with van der Waals surface area (Å²) in [5, 5.41) is 0. The van der Waals surface area contributed by atoms with E-state index in [2.05, 4.69) is 32.7 Å². The Bertz CT molecular complexity index is 311. The summed E-state index contributed by atoms with van der Waals surface area (Å²) in [4.78, 5) is 0. The van der Waals surface area contributed by atoms with E-state index in [-0.39, 0.29) is 6.29 Å². The first-order valence-corrected chi connectivity index (χ1v) is 16.8. The van der Waals surface area contributed by atoms with Crippen molar-refractivity contribution in [2.75, 3.05) is 13.2 Å². The van der Waals surface area contributed by atoms with Crippen LogP contribution in [0, 0.1) is 0 Å². The Labute approximate surface area is 126 Å². The Morgan fingerprint density at radius 2 is 1.60 bits per heavy atom. The van der Waals surface area contributed by atoms with Crippen LogP contribution < -0.4 is 0 Å². The van der Waals surface area contributed by atoms with Crippen molar-refractivity contribution in [2.24, 2.45) is 0 Å². The highest BCUT2D eigenvalue weighted by Gasteiger charge is 2.42. The van der Waals surface area contributed by atoms with Crippen LogP contribution in [0.3, 0.4) is 0 Å². The molecule has 20 heavy (non-hydrogen) atoms. The minimum atomic E-state index is -2.18. The van der Waals surface area contributed by atoms with E-state index in [0.29, 0.717) is 6.61 Å². The van der Waals surface area contributed by atoms with Gasteiger partial charge in [-0.15, -0.1) is 0 Å². The predicted molar refractivity (Wildman–Crippen MR) is 84.6 cm³/mol. The molecule has 2 heterocycles. The molecular formula is C10H26O6Si4. The molecule has 118 valence electrons. The average Bonchev–Trinajstić information content (AvgIpc) is 3.03. The van der Waals surface area contributed by atoms with Crippen molar-refractivity contribution in [3.8, 4) is 0 Å². The van der Waals surface area contributed by atoms with Gasteiger partial charge in [0.1, 0.15) is 6.61 Å². The van der Waals surface area contributed by atoms with Gasteiger partial charge < -0.3 is 25.9 Å². The molecule has 0 N–H and O–H groups in total. The second-order valence-corrected chi connectivity index (χ2v) is 17.5. The lowest BCUT2D eigenvalue weighted by Crippen LogP contribution is -2.56. The molecule has 2 fully saturated rings. The molecule has 6 nitrogen and oxygen atoms in total. The van der Waals surface area contributed by atoms with Crippen molar-refractivity contribution in [2.45, 2.75) is 51.5 Å². The molecule has 2 aliphatic heterocycles. The normalized spacial score (nSPS) is 41.0. The molecule has 0 aromatic heterocycles. The summed E-state index contributed by atoms with van der Waals surface area (Å²) in [5.74, 6) is 0. The zero-order valence-electron chi connectivity index (χ0n) is 13.0. The third-order valence-electron chi connectivity index (χ3n) is 3.11. The number of rotatable bonds is 5. The van der Waals surface area contributed by atoms with E-state index in [1.54, 1.807) is 0 Å². The van der Waals surface area contributed by atoms with Crippen molar-refractivity contribution in [3.05, 3.63) is 0 Å². The van der Waals surface area contributed by atoms with Gasteiger partial charge in [0.2, 0.25) is 0 Å². The molecule has 3 unspecified atom stereocenters. The van der Waals surface area contributed by atoms with Gasteiger partial charge in [-0.1, -0.05) is 0 Å². The lowest BCUT2D eigenvalue weighted by Gasteiger charge is -2.40. The van der Waals surface area contributed by atoms with Gasteiger partial charge in [0.15, 0.2) is 6.29 Å². The van der Waals surface area contributed by atoms with Crippen LogP contribution in [-0.2, 0) is 25.9 Å². The highest BCUT2D eigenvalue weighted by molar-refractivity contribution is 6.84. The highest BCUT2D eigenvalue weighted by atomic mass is 28.5. The molecule has 2 aliphatic rings. The first-order chi connectivity index (χ1) is 9.28. The molecular weight excluding hydrogens is 328 g/mol. The second-order valence-electron chi connectivity index (χ2n) is 5.88. The lowest BCUT2D eigenvalue weighted by molar-refractivity contribution is 0.0499. The average molecular weight is 355 g/mol. The van der Waals surface area contributed by atoms with Gasteiger partial charge >= 0.3 is 35.7 Å². The summed E-state index contributed by atoms with van der Waals surface area (Å²) < 4.78 is 35.1. The molecule has 0 aliphatic carbocycles. The smallest absolute Gasteiger partial charge is 0.317 e. The van der Waals surface area contributed by atoms with Gasteiger partial charge in [0.05, 0.1) is 0 Å². The van der Waals surface area contributed by atoms with E-state index in [9.17, 15) is 0 Å². The minimum Gasteiger partial charge on any atom is -0.418 e. The van der Waals surface area contributed by atoms with Crippen LogP contribution >= 0.6 is 0 Å². The fourth-order valence-electron chi connectivity index (χ4n) is 2.47. The van der Waals surface area contributed by atoms with E-state index in [4.69, 9.17) is 25.9 Å². The van der Waals surface area contributed by atoms with Crippen LogP contribution in [0.25, 0.3) is 0 Å². The number of hydrogen-bond donors (Lipinski definition) is 0. The molecule has 2 rings (SSSR count). The lowest BCUT2D eigenvalue weighted by atomic mass is 10.5. The quantitative estimate of drug-likeness (QED) is 0.421. The second kappa shape index (κ2) is 6.81. The van der Waals surface area contributed by atoms with Gasteiger partial charge in [0.25, 0.3) is 0 Å². The summed E-state index contributed by atoms with van der Waals surface area (Å²) in [6.45, 7) is 11.8. The maximum Gasteiger partial charge on any atom is 0.317 e. The van der Waals surface area contributed by atoms with E-state index in [1.165, 1.54) is 0 Å². The van der Waals surface area contributed by atoms with E-state index < -0.39 is 35.7 Å². The molecule has 0 saturated carbocycles. The van der Waals surface area contributed by atoms with Crippen molar-refractivity contribution in [1.29, 1.82) is 0 Å². The van der Waals surface area contributed by atoms with Crippen molar-refractivity contribution >= 4 is 35.7 Å². The SMILES string of the molecule is C[SiH]1O[Si](C)(C)O[SiH](C)O[Si](C)(CCCOC2CO2)O1. The first-order valence-electron chi connectivity index (χ1n) is 7.22. The molecule has 10 heteroatoms. The van der Waals surface area contributed by atoms with Crippen molar-refractivity contribution < 1.29 is 25.9 Å². The third-order valence-corrected chi connectivity index (χ3v) is 18.2. The van der Waals surface area contributed by atoms with Crippen LogP contribution in [0.1, 0.15) is 6.42 Å². The van der Waals surface area contributed by atoms with Crippen LogP contribution in [0.15, 0.2) is 0 Å². The first kappa shape index (κ1) is 17.0. The maximum atomic E-state index is 6.24. The summed E-state index contributed by atoms with van der Waals surface area (Å²) in [5.41, 5.74) is 0. The highest BCUT2D eigenvalue weighted by Crippen LogP contribution is 2.25. The molecule has 0 radical (unpaired) electrons. The zero-order chi connectivity index (χ0) is 14.8. The summed E-state index contributed by atoms with van der Waals surface area (Å²) in [7, 11) is -7.59. The topological polar surface area (TPSA) is 58.7 Å². The van der Waals surface area contributed by atoms with Gasteiger partial charge in [-0.25, -0.2) is 0 Å². The Morgan fingerprint density at radius 3 is 2.10 bits per heavy atom. The van der Waals surface area contributed by atoms with Crippen LogP contribution in [0.4, 0.5) is 0 Å². The standard InChI is InChI=1S/C10H26O6Si4/c1-17-13-19(3,4)14-18(2)16-20(5,15-17)8-6-7-11-10-9-12-10/h10,17-18H,6-9H2,1-5H3. The number of ether oxygens (including phenoxy) is 2. The molecule has 2 saturated heterocycles. The summed E-state index contributed by atoms with van der Waals surface area (Å²) in [6.07, 6.45) is 0.967. The van der Waals surface area contributed by atoms with Crippen molar-refractivity contribution in [3.63, 3.8) is 0 Å². The Morgan fingerprint density at radius 1 is 1.05 bits per heavy atom. The summed E-state index contributed by atoms with van der Waals surface area (Å²) >= 11 is 0. The Kier molecular flexibility index (Phi) is 5.78. The monoisotopic (exact) mass is 354 g/mol. The maximum absolute atomic E-state index is 6.24. The largest absolute Gasteiger partial charge is 0.418 e. The third kappa shape index (κ3) is 5.79. The van der Waals surface area contributed by atoms with Crippen LogP contribution in [0.2, 0.25) is 38.8 Å². The minimum absolute atomic E-state index is 0.0312. The zero-order valence-corrected chi connectivity index (χ0v) is 17.3.